The monoisotopic (exact) mass is 348 g/mol. The van der Waals surface area contributed by atoms with Gasteiger partial charge in [0.25, 0.3) is 0 Å². The Hall–Kier alpha value is -2.68. The number of hydrogen-bond acceptors (Lipinski definition) is 3. The van der Waals surface area contributed by atoms with Crippen molar-refractivity contribution < 1.29 is 14.7 Å². The van der Waals surface area contributed by atoms with Crippen LogP contribution in [0.5, 0.6) is 0 Å². The number of benzene rings is 2. The molecule has 0 bridgehead atoms. The number of Topliss-reactive ketones (excluding diaryl/α,β-unsaturated/α-hetero) is 1. The van der Waals surface area contributed by atoms with Gasteiger partial charge in [-0.3, -0.25) is 9.59 Å². The maximum atomic E-state index is 12.7. The van der Waals surface area contributed by atoms with E-state index in [1.807, 2.05) is 18.2 Å². The van der Waals surface area contributed by atoms with Crippen LogP contribution in [0.1, 0.15) is 55.1 Å². The van der Waals surface area contributed by atoms with Crippen molar-refractivity contribution in [2.24, 2.45) is 5.41 Å². The van der Waals surface area contributed by atoms with Crippen LogP contribution in [0.3, 0.4) is 0 Å². The van der Waals surface area contributed by atoms with Gasteiger partial charge < -0.3 is 5.11 Å². The maximum Gasteiger partial charge on any atom is 0.176 e. The van der Waals surface area contributed by atoms with Gasteiger partial charge in [-0.1, -0.05) is 75.4 Å². The molecule has 0 aromatic heterocycles. The van der Waals surface area contributed by atoms with Gasteiger partial charge in [0.2, 0.25) is 0 Å². The van der Waals surface area contributed by atoms with Crippen molar-refractivity contribution in [3.63, 3.8) is 0 Å². The van der Waals surface area contributed by atoms with Gasteiger partial charge in [-0.25, -0.2) is 0 Å². The van der Waals surface area contributed by atoms with Crippen molar-refractivity contribution in [3.05, 3.63) is 77.4 Å². The first kappa shape index (κ1) is 18.1. The lowest BCUT2D eigenvalue weighted by atomic mass is 9.86. The summed E-state index contributed by atoms with van der Waals surface area (Å²) in [6.07, 6.45) is 2.28. The average Bonchev–Trinajstić information content (AvgIpc) is 3.43. The SMILES string of the molecule is CC(C)(C)c1ccc(/C(O)=C/C(=O)C2(C(=O)c3ccccc3)CC2)cc1. The first-order chi connectivity index (χ1) is 12.2. The Morgan fingerprint density at radius 2 is 1.50 bits per heavy atom. The minimum atomic E-state index is -0.999. The van der Waals surface area contributed by atoms with Crippen LogP contribution in [0.15, 0.2) is 60.7 Å². The first-order valence-corrected chi connectivity index (χ1v) is 8.90. The summed E-state index contributed by atoms with van der Waals surface area (Å²) in [6.45, 7) is 6.35. The van der Waals surface area contributed by atoms with Crippen molar-refractivity contribution >= 4 is 17.3 Å². The minimum Gasteiger partial charge on any atom is -0.507 e. The summed E-state index contributed by atoms with van der Waals surface area (Å²) in [4.78, 5) is 25.4. The highest BCUT2D eigenvalue weighted by atomic mass is 16.3. The lowest BCUT2D eigenvalue weighted by molar-refractivity contribution is -0.117. The van der Waals surface area contributed by atoms with Crippen molar-refractivity contribution in [1.29, 1.82) is 0 Å². The van der Waals surface area contributed by atoms with Crippen molar-refractivity contribution in [3.8, 4) is 0 Å². The molecule has 0 unspecified atom stereocenters. The molecule has 2 aromatic carbocycles. The van der Waals surface area contributed by atoms with E-state index in [-0.39, 0.29) is 22.7 Å². The normalized spacial score (nSPS) is 16.2. The topological polar surface area (TPSA) is 54.4 Å². The van der Waals surface area contributed by atoms with Gasteiger partial charge in [0.1, 0.15) is 5.76 Å². The van der Waals surface area contributed by atoms with Crippen LogP contribution >= 0.6 is 0 Å². The van der Waals surface area contributed by atoms with Crippen LogP contribution in [-0.4, -0.2) is 16.7 Å². The molecular formula is C23H24O3. The lowest BCUT2D eigenvalue weighted by Gasteiger charge is -2.19. The molecule has 0 saturated heterocycles. The molecule has 3 rings (SSSR count). The molecule has 134 valence electrons. The number of aliphatic hydroxyl groups excluding tert-OH is 1. The van der Waals surface area contributed by atoms with Gasteiger partial charge >= 0.3 is 0 Å². The Morgan fingerprint density at radius 1 is 0.923 bits per heavy atom. The van der Waals surface area contributed by atoms with E-state index in [0.29, 0.717) is 24.0 Å². The van der Waals surface area contributed by atoms with E-state index < -0.39 is 5.41 Å². The van der Waals surface area contributed by atoms with Gasteiger partial charge in [-0.05, 0) is 23.8 Å². The van der Waals surface area contributed by atoms with Crippen LogP contribution in [0, 0.1) is 5.41 Å². The number of carbonyl (C=O) groups is 2. The van der Waals surface area contributed by atoms with Gasteiger partial charge in [0.05, 0.1) is 5.41 Å². The zero-order valence-corrected chi connectivity index (χ0v) is 15.5. The molecule has 1 saturated carbocycles. The quantitative estimate of drug-likeness (QED) is 0.353. The van der Waals surface area contributed by atoms with Gasteiger partial charge in [-0.15, -0.1) is 0 Å². The number of ketones is 2. The van der Waals surface area contributed by atoms with Crippen LogP contribution in [0.4, 0.5) is 0 Å². The summed E-state index contributed by atoms with van der Waals surface area (Å²) >= 11 is 0. The number of rotatable bonds is 5. The van der Waals surface area contributed by atoms with Crippen LogP contribution in [0.2, 0.25) is 0 Å². The van der Waals surface area contributed by atoms with Gasteiger partial charge in [0.15, 0.2) is 11.6 Å². The molecule has 0 heterocycles. The van der Waals surface area contributed by atoms with E-state index in [9.17, 15) is 14.7 Å². The molecule has 1 aliphatic rings. The zero-order chi connectivity index (χ0) is 18.9. The summed E-state index contributed by atoms with van der Waals surface area (Å²) in [7, 11) is 0. The van der Waals surface area contributed by atoms with E-state index in [0.717, 1.165) is 5.56 Å². The standard InChI is InChI=1S/C23H24O3/c1-22(2,3)18-11-9-16(10-12-18)19(24)15-20(25)23(13-14-23)21(26)17-7-5-4-6-8-17/h4-12,15,24H,13-14H2,1-3H3/b19-15-. The number of allylic oxidation sites excluding steroid dienone is 1. The molecular weight excluding hydrogens is 324 g/mol. The van der Waals surface area contributed by atoms with Crippen molar-refractivity contribution in [1.82, 2.24) is 0 Å². The van der Waals surface area contributed by atoms with E-state index in [1.54, 1.807) is 36.4 Å². The Bertz CT molecular complexity index is 849. The van der Waals surface area contributed by atoms with E-state index in [2.05, 4.69) is 20.8 Å². The highest BCUT2D eigenvalue weighted by Crippen LogP contribution is 2.49. The Balaban J connectivity index is 1.81. The molecule has 1 aliphatic carbocycles. The molecule has 0 amide bonds. The fourth-order valence-corrected chi connectivity index (χ4v) is 3.06. The summed E-state index contributed by atoms with van der Waals surface area (Å²) in [5.74, 6) is -0.568. The fraction of sp³-hybridized carbons (Fsp3) is 0.304. The smallest absolute Gasteiger partial charge is 0.176 e. The predicted octanol–water partition coefficient (Wildman–Crippen LogP) is 5.12. The maximum absolute atomic E-state index is 12.7. The number of carbonyl (C=O) groups excluding carboxylic acids is 2. The molecule has 3 nitrogen and oxygen atoms in total. The predicted molar refractivity (Wildman–Crippen MR) is 103 cm³/mol. The second-order valence-electron chi connectivity index (χ2n) is 8.00. The lowest BCUT2D eigenvalue weighted by Crippen LogP contribution is -2.24. The first-order valence-electron chi connectivity index (χ1n) is 8.90. The molecule has 0 atom stereocenters. The Kier molecular flexibility index (Phi) is 4.57. The highest BCUT2D eigenvalue weighted by molar-refractivity contribution is 6.21. The van der Waals surface area contributed by atoms with Crippen molar-refractivity contribution in [2.75, 3.05) is 0 Å². The molecule has 1 fully saturated rings. The molecule has 2 aromatic rings. The number of aliphatic hydroxyl groups is 1. The molecule has 0 spiro atoms. The molecule has 3 heteroatoms. The molecule has 0 radical (unpaired) electrons. The Morgan fingerprint density at radius 3 is 2.00 bits per heavy atom. The van der Waals surface area contributed by atoms with Gasteiger partial charge in [0, 0.05) is 17.2 Å². The highest BCUT2D eigenvalue weighted by Gasteiger charge is 2.55. The number of hydrogen-bond donors (Lipinski definition) is 1. The molecule has 0 aliphatic heterocycles. The van der Waals surface area contributed by atoms with E-state index in [1.165, 1.54) is 6.08 Å². The van der Waals surface area contributed by atoms with Crippen molar-refractivity contribution in [2.45, 2.75) is 39.0 Å². The second-order valence-corrected chi connectivity index (χ2v) is 8.00. The zero-order valence-electron chi connectivity index (χ0n) is 15.5. The Labute approximate surface area is 154 Å². The van der Waals surface area contributed by atoms with Gasteiger partial charge in [-0.2, -0.15) is 0 Å². The third-order valence-corrected chi connectivity index (χ3v) is 5.01. The van der Waals surface area contributed by atoms with Crippen LogP contribution < -0.4 is 0 Å². The van der Waals surface area contributed by atoms with Crippen LogP contribution in [0.25, 0.3) is 5.76 Å². The fourth-order valence-electron chi connectivity index (χ4n) is 3.06. The summed E-state index contributed by atoms with van der Waals surface area (Å²) in [5.41, 5.74) is 1.29. The molecule has 1 N–H and O–H groups in total. The van der Waals surface area contributed by atoms with Crippen LogP contribution in [-0.2, 0) is 10.2 Å². The summed E-state index contributed by atoms with van der Waals surface area (Å²) in [6, 6.07) is 16.4. The largest absolute Gasteiger partial charge is 0.507 e. The third-order valence-electron chi connectivity index (χ3n) is 5.01. The average molecular weight is 348 g/mol. The molecule has 26 heavy (non-hydrogen) atoms. The second kappa shape index (κ2) is 6.56. The summed E-state index contributed by atoms with van der Waals surface area (Å²) < 4.78 is 0. The third kappa shape index (κ3) is 3.48. The minimum absolute atomic E-state index is 0.0217. The summed E-state index contributed by atoms with van der Waals surface area (Å²) in [5, 5.41) is 10.4. The van der Waals surface area contributed by atoms with E-state index in [4.69, 9.17) is 0 Å². The van der Waals surface area contributed by atoms with E-state index >= 15 is 0 Å².